The summed E-state index contributed by atoms with van der Waals surface area (Å²) in [6.45, 7) is 18.9. The highest BCUT2D eigenvalue weighted by Crippen LogP contribution is 2.35. The molecular weight excluding hydrogens is 582 g/mol. The molecule has 0 aliphatic carbocycles. The Morgan fingerprint density at radius 3 is 1.32 bits per heavy atom. The number of hydrogen-bond donors (Lipinski definition) is 0. The summed E-state index contributed by atoms with van der Waals surface area (Å²) in [7, 11) is 0. The first-order valence-corrected chi connectivity index (χ1v) is 16.4. The maximum absolute atomic E-state index is 12.5. The highest BCUT2D eigenvalue weighted by atomic mass is 16.5. The fraction of sp³-hybridized carbons (Fsp3) is 0.286. The normalized spacial score (nSPS) is 12.1. The maximum atomic E-state index is 12.5. The van der Waals surface area contributed by atoms with Gasteiger partial charge in [0.25, 0.3) is 0 Å². The van der Waals surface area contributed by atoms with Crippen molar-refractivity contribution in [3.8, 4) is 0 Å². The summed E-state index contributed by atoms with van der Waals surface area (Å²) in [5, 5.41) is 0. The zero-order valence-corrected chi connectivity index (χ0v) is 28.6. The second-order valence-electron chi connectivity index (χ2n) is 12.3. The Labute approximate surface area is 280 Å². The quantitative estimate of drug-likeness (QED) is 0.103. The molecule has 0 amide bonds. The number of carbonyl (C=O) groups excluding carboxylic acids is 2. The molecule has 0 radical (unpaired) electrons. The van der Waals surface area contributed by atoms with Gasteiger partial charge in [0.15, 0.2) is 0 Å². The van der Waals surface area contributed by atoms with Crippen LogP contribution in [0.1, 0.15) is 86.1 Å². The van der Waals surface area contributed by atoms with Crippen molar-refractivity contribution >= 4 is 29.0 Å². The Morgan fingerprint density at radius 2 is 0.957 bits per heavy atom. The van der Waals surface area contributed by atoms with E-state index in [9.17, 15) is 9.59 Å². The summed E-state index contributed by atoms with van der Waals surface area (Å²) in [5.74, 6) is -0.843. The molecule has 0 bridgehead atoms. The smallest absolute Gasteiger partial charge is 0.333 e. The van der Waals surface area contributed by atoms with Crippen LogP contribution in [0.25, 0.3) is 0 Å². The lowest BCUT2D eigenvalue weighted by molar-refractivity contribution is -0.145. The van der Waals surface area contributed by atoms with Crippen LogP contribution in [0.15, 0.2) is 115 Å². The van der Waals surface area contributed by atoms with Crippen molar-refractivity contribution in [1.29, 1.82) is 0 Å². The Bertz CT molecular complexity index is 1600. The molecule has 0 N–H and O–H groups in total. The van der Waals surface area contributed by atoms with Crippen molar-refractivity contribution in [1.82, 2.24) is 0 Å². The van der Waals surface area contributed by atoms with Crippen LogP contribution in [0.4, 0.5) is 17.1 Å². The molecule has 0 fully saturated rings. The van der Waals surface area contributed by atoms with E-state index in [0.717, 1.165) is 46.6 Å². The summed E-state index contributed by atoms with van der Waals surface area (Å²) < 4.78 is 11.6. The van der Waals surface area contributed by atoms with Crippen molar-refractivity contribution in [2.24, 2.45) is 0 Å². The minimum atomic E-state index is -0.443. The predicted octanol–water partition coefficient (Wildman–Crippen LogP) is 10.7. The summed E-state index contributed by atoms with van der Waals surface area (Å²) in [5.41, 5.74) is 10.5. The zero-order chi connectivity index (χ0) is 34.1. The Hall–Kier alpha value is -4.90. The van der Waals surface area contributed by atoms with Gasteiger partial charge in [0.1, 0.15) is 12.2 Å². The number of nitrogens with zero attached hydrogens (tertiary/aromatic N) is 1. The lowest BCUT2D eigenvalue weighted by atomic mass is 9.94. The standard InChI is InChI=1S/C42H47NO4/c1-9-39(46-41(44)28(3)4)34-25-33(26-35(27-34)40(10-2)47-42(45)29(5)6)16-15-32-17-23-38(24-18-32)43(36-19-11-30(7)12-20-36)37-21-13-31(8)14-22-37/h11-14,17-27,39-40H,3,5,9-10,15-16H2,1-2,4,6-8H3. The first kappa shape index (κ1) is 35.0. The number of benzene rings is 4. The molecule has 0 aromatic heterocycles. The summed E-state index contributed by atoms with van der Waals surface area (Å²) in [6.07, 6.45) is 1.88. The number of ether oxygens (including phenoxy) is 2. The number of esters is 2. The van der Waals surface area contributed by atoms with Gasteiger partial charge in [0, 0.05) is 28.2 Å². The molecule has 4 aromatic rings. The lowest BCUT2D eigenvalue weighted by Gasteiger charge is -2.26. The SMILES string of the molecule is C=C(C)C(=O)OC(CC)c1cc(CCc2ccc(N(c3ccc(C)cc3)c3ccc(C)cc3)cc2)cc(C(CC)OC(=O)C(=C)C)c1. The minimum Gasteiger partial charge on any atom is -0.454 e. The summed E-state index contributed by atoms with van der Waals surface area (Å²) in [4.78, 5) is 27.2. The van der Waals surface area contributed by atoms with Crippen molar-refractivity contribution in [3.63, 3.8) is 0 Å². The van der Waals surface area contributed by atoms with E-state index in [4.69, 9.17) is 9.47 Å². The third-order valence-electron chi connectivity index (χ3n) is 8.20. The lowest BCUT2D eigenvalue weighted by Crippen LogP contribution is -2.14. The number of hydrogen-bond acceptors (Lipinski definition) is 5. The van der Waals surface area contributed by atoms with Gasteiger partial charge in [0.2, 0.25) is 0 Å². The second kappa shape index (κ2) is 16.1. The highest BCUT2D eigenvalue weighted by Gasteiger charge is 2.21. The summed E-state index contributed by atoms with van der Waals surface area (Å²) in [6, 6.07) is 32.1. The van der Waals surface area contributed by atoms with E-state index in [1.54, 1.807) is 13.8 Å². The molecule has 0 spiro atoms. The highest BCUT2D eigenvalue weighted by molar-refractivity contribution is 5.87. The number of anilines is 3. The van der Waals surface area contributed by atoms with E-state index in [-0.39, 0.29) is 0 Å². The monoisotopic (exact) mass is 629 g/mol. The molecule has 5 heteroatoms. The number of rotatable bonds is 14. The van der Waals surface area contributed by atoms with Gasteiger partial charge >= 0.3 is 11.9 Å². The van der Waals surface area contributed by atoms with Crippen LogP contribution < -0.4 is 4.90 Å². The van der Waals surface area contributed by atoms with E-state index >= 15 is 0 Å². The Kier molecular flexibility index (Phi) is 12.0. The van der Waals surface area contributed by atoms with Crippen molar-refractivity contribution < 1.29 is 19.1 Å². The topological polar surface area (TPSA) is 55.8 Å². The molecule has 5 nitrogen and oxygen atoms in total. The van der Waals surface area contributed by atoms with Gasteiger partial charge in [-0.25, -0.2) is 9.59 Å². The fourth-order valence-corrected chi connectivity index (χ4v) is 5.43. The summed E-state index contributed by atoms with van der Waals surface area (Å²) >= 11 is 0. The predicted molar refractivity (Wildman–Crippen MR) is 192 cm³/mol. The van der Waals surface area contributed by atoms with Gasteiger partial charge < -0.3 is 14.4 Å². The second-order valence-corrected chi connectivity index (χ2v) is 12.3. The molecule has 244 valence electrons. The molecule has 2 atom stereocenters. The third-order valence-corrected chi connectivity index (χ3v) is 8.20. The van der Waals surface area contributed by atoms with Crippen LogP contribution in [0, 0.1) is 13.8 Å². The molecule has 0 aliphatic rings. The van der Waals surface area contributed by atoms with E-state index in [1.807, 2.05) is 19.9 Å². The van der Waals surface area contributed by atoms with Gasteiger partial charge in [0.05, 0.1) is 0 Å². The van der Waals surface area contributed by atoms with E-state index < -0.39 is 24.1 Å². The van der Waals surface area contributed by atoms with Crippen LogP contribution in [0.3, 0.4) is 0 Å². The van der Waals surface area contributed by atoms with E-state index in [0.29, 0.717) is 24.0 Å². The molecule has 0 saturated heterocycles. The van der Waals surface area contributed by atoms with E-state index in [1.165, 1.54) is 16.7 Å². The average molecular weight is 630 g/mol. The molecule has 4 aromatic carbocycles. The molecule has 2 unspecified atom stereocenters. The van der Waals surface area contributed by atoms with Gasteiger partial charge in [-0.05, 0) is 118 Å². The van der Waals surface area contributed by atoms with Gasteiger partial charge in [-0.3, -0.25) is 0 Å². The molecular formula is C42H47NO4. The van der Waals surface area contributed by atoms with Crippen molar-refractivity contribution in [2.75, 3.05) is 4.90 Å². The number of aryl methyl sites for hydroxylation is 4. The maximum Gasteiger partial charge on any atom is 0.333 e. The Morgan fingerprint density at radius 1 is 0.596 bits per heavy atom. The molecule has 47 heavy (non-hydrogen) atoms. The van der Waals surface area contributed by atoms with Crippen molar-refractivity contribution in [2.45, 2.75) is 79.4 Å². The van der Waals surface area contributed by atoms with Crippen LogP contribution in [-0.4, -0.2) is 11.9 Å². The first-order chi connectivity index (χ1) is 22.5. The van der Waals surface area contributed by atoms with Gasteiger partial charge in [-0.1, -0.05) is 86.7 Å². The van der Waals surface area contributed by atoms with Gasteiger partial charge in [-0.2, -0.15) is 0 Å². The Balaban J connectivity index is 1.62. The first-order valence-electron chi connectivity index (χ1n) is 16.4. The van der Waals surface area contributed by atoms with E-state index in [2.05, 4.69) is 117 Å². The molecule has 0 saturated carbocycles. The van der Waals surface area contributed by atoms with Crippen molar-refractivity contribution in [3.05, 3.63) is 149 Å². The zero-order valence-electron chi connectivity index (χ0n) is 28.6. The molecule has 0 heterocycles. The molecule has 0 aliphatic heterocycles. The van der Waals surface area contributed by atoms with Crippen LogP contribution in [0.2, 0.25) is 0 Å². The molecule has 4 rings (SSSR count). The van der Waals surface area contributed by atoms with Crippen LogP contribution in [0.5, 0.6) is 0 Å². The third kappa shape index (κ3) is 9.32. The number of carbonyl (C=O) groups is 2. The van der Waals surface area contributed by atoms with Gasteiger partial charge in [-0.15, -0.1) is 0 Å². The average Bonchev–Trinajstić information content (AvgIpc) is 3.07. The van der Waals surface area contributed by atoms with Crippen LogP contribution >= 0.6 is 0 Å². The minimum absolute atomic E-state index is 0.355. The van der Waals surface area contributed by atoms with Crippen LogP contribution in [-0.2, 0) is 31.9 Å². The largest absolute Gasteiger partial charge is 0.454 e. The fourth-order valence-electron chi connectivity index (χ4n) is 5.43.